The highest BCUT2D eigenvalue weighted by atomic mass is 16.5. The zero-order chi connectivity index (χ0) is 20.8. The highest BCUT2D eigenvalue weighted by molar-refractivity contribution is 5.87. The van der Waals surface area contributed by atoms with Crippen LogP contribution in [0.4, 0.5) is 0 Å². The molecular formula is C24H30NO4-. The fourth-order valence-corrected chi connectivity index (χ4v) is 5.67. The molecule has 0 unspecified atom stereocenters. The summed E-state index contributed by atoms with van der Waals surface area (Å²) in [4.78, 5) is 27.8. The van der Waals surface area contributed by atoms with Gasteiger partial charge in [0.1, 0.15) is 0 Å². The molecule has 5 nitrogen and oxygen atoms in total. The summed E-state index contributed by atoms with van der Waals surface area (Å²) < 4.78 is 5.89. The Morgan fingerprint density at radius 3 is 2.41 bits per heavy atom. The Balaban J connectivity index is 1.69. The van der Waals surface area contributed by atoms with E-state index in [9.17, 15) is 14.7 Å². The van der Waals surface area contributed by atoms with Crippen LogP contribution in [0.5, 0.6) is 0 Å². The van der Waals surface area contributed by atoms with Crippen molar-refractivity contribution in [3.63, 3.8) is 0 Å². The van der Waals surface area contributed by atoms with Gasteiger partial charge in [-0.15, -0.1) is 0 Å². The number of aliphatic carboxylic acids is 1. The van der Waals surface area contributed by atoms with E-state index >= 15 is 0 Å². The van der Waals surface area contributed by atoms with Crippen LogP contribution in [0.3, 0.4) is 0 Å². The van der Waals surface area contributed by atoms with Crippen LogP contribution in [-0.2, 0) is 14.3 Å². The maximum atomic E-state index is 13.9. The molecule has 1 saturated carbocycles. The van der Waals surface area contributed by atoms with Crippen LogP contribution in [0.15, 0.2) is 42.5 Å². The molecule has 1 aromatic carbocycles. The number of fused-ring (bicyclic) bond motifs is 2. The lowest BCUT2D eigenvalue weighted by atomic mass is 9.80. The van der Waals surface area contributed by atoms with Crippen LogP contribution < -0.4 is 5.11 Å². The van der Waals surface area contributed by atoms with E-state index in [-0.39, 0.29) is 35.4 Å². The Morgan fingerprint density at radius 1 is 1.14 bits per heavy atom. The molecule has 0 spiro atoms. The summed E-state index contributed by atoms with van der Waals surface area (Å²) in [6.45, 7) is 6.76. The molecule has 156 valence electrons. The van der Waals surface area contributed by atoms with E-state index in [1.807, 2.05) is 54.3 Å². The highest BCUT2D eigenvalue weighted by Crippen LogP contribution is 2.49. The van der Waals surface area contributed by atoms with E-state index in [0.29, 0.717) is 6.61 Å². The van der Waals surface area contributed by atoms with Gasteiger partial charge in [-0.05, 0) is 57.4 Å². The van der Waals surface area contributed by atoms with Gasteiger partial charge in [0.15, 0.2) is 0 Å². The maximum Gasteiger partial charge on any atom is 0.227 e. The number of ether oxygens (including phenoxy) is 1. The number of carbonyl (C=O) groups is 2. The molecule has 0 radical (unpaired) electrons. The second-order valence-electron chi connectivity index (χ2n) is 9.41. The van der Waals surface area contributed by atoms with Gasteiger partial charge in [-0.1, -0.05) is 42.5 Å². The third-order valence-electron chi connectivity index (χ3n) is 7.03. The summed E-state index contributed by atoms with van der Waals surface area (Å²) in [5.74, 6) is -2.49. The number of nitrogens with zero attached hydrogens (tertiary/aromatic N) is 1. The quantitative estimate of drug-likeness (QED) is 0.718. The predicted molar refractivity (Wildman–Crippen MR) is 107 cm³/mol. The largest absolute Gasteiger partial charge is 0.550 e. The number of hydrogen-bond acceptors (Lipinski definition) is 4. The molecule has 29 heavy (non-hydrogen) atoms. The van der Waals surface area contributed by atoms with Crippen molar-refractivity contribution in [1.82, 2.24) is 4.90 Å². The number of carboxylic acid groups (broad SMARTS) is 1. The van der Waals surface area contributed by atoms with E-state index in [1.165, 1.54) is 0 Å². The molecule has 0 N–H and O–H groups in total. The highest BCUT2D eigenvalue weighted by Gasteiger charge is 2.51. The first-order chi connectivity index (χ1) is 13.8. The molecule has 6 atom stereocenters. The van der Waals surface area contributed by atoms with Gasteiger partial charge in [-0.2, -0.15) is 0 Å². The fraction of sp³-hybridized carbons (Fsp3) is 0.583. The molecule has 2 fully saturated rings. The molecule has 2 bridgehead atoms. The summed E-state index contributed by atoms with van der Waals surface area (Å²) in [6, 6.07) is 9.88. The minimum Gasteiger partial charge on any atom is -0.550 e. The third-order valence-corrected chi connectivity index (χ3v) is 7.03. The fourth-order valence-electron chi connectivity index (χ4n) is 5.67. The molecule has 2 aliphatic carbocycles. The summed E-state index contributed by atoms with van der Waals surface area (Å²) in [6.07, 6.45) is 6.23. The lowest BCUT2D eigenvalue weighted by molar-refractivity contribution is -0.313. The van der Waals surface area contributed by atoms with Crippen LogP contribution in [0, 0.1) is 23.7 Å². The topological polar surface area (TPSA) is 69.7 Å². The van der Waals surface area contributed by atoms with E-state index in [0.717, 1.165) is 24.8 Å². The molecule has 3 aliphatic rings. The lowest BCUT2D eigenvalue weighted by Gasteiger charge is -2.46. The number of amides is 1. The second-order valence-corrected chi connectivity index (χ2v) is 9.41. The minimum atomic E-state index is -1.10. The number of carbonyl (C=O) groups excluding carboxylic acids is 2. The second kappa shape index (κ2) is 7.60. The molecule has 1 heterocycles. The first-order valence-electron chi connectivity index (χ1n) is 10.7. The first-order valence-corrected chi connectivity index (χ1v) is 10.7. The zero-order valence-electron chi connectivity index (χ0n) is 17.4. The Morgan fingerprint density at radius 2 is 1.79 bits per heavy atom. The Hall–Kier alpha value is -2.14. The van der Waals surface area contributed by atoms with Crippen molar-refractivity contribution in [3.8, 4) is 0 Å². The molecular weight excluding hydrogens is 366 g/mol. The number of allylic oxidation sites excluding steroid dienone is 2. The van der Waals surface area contributed by atoms with Crippen molar-refractivity contribution in [2.24, 2.45) is 23.7 Å². The van der Waals surface area contributed by atoms with Crippen molar-refractivity contribution in [3.05, 3.63) is 48.0 Å². The van der Waals surface area contributed by atoms with Gasteiger partial charge in [-0.3, -0.25) is 4.79 Å². The van der Waals surface area contributed by atoms with Gasteiger partial charge in [0.2, 0.25) is 5.91 Å². The summed E-state index contributed by atoms with van der Waals surface area (Å²) in [7, 11) is 0. The SMILES string of the molecule is C[C@@H](c1ccccc1)N(C(=O)[C@@H]1[C@H](C(=O)[O-])[C@H]2C=C[C@@H]1C2)[C@@H]1CCOC(C)(C)C1. The molecule has 1 aromatic rings. The summed E-state index contributed by atoms with van der Waals surface area (Å²) in [5.41, 5.74) is 0.758. The van der Waals surface area contributed by atoms with Crippen LogP contribution >= 0.6 is 0 Å². The smallest absolute Gasteiger partial charge is 0.227 e. The zero-order valence-corrected chi connectivity index (χ0v) is 17.4. The van der Waals surface area contributed by atoms with Crippen molar-refractivity contribution in [1.29, 1.82) is 0 Å². The molecule has 4 rings (SSSR count). The van der Waals surface area contributed by atoms with Gasteiger partial charge in [-0.25, -0.2) is 0 Å². The Kier molecular flexibility index (Phi) is 5.28. The van der Waals surface area contributed by atoms with Crippen molar-refractivity contribution in [2.75, 3.05) is 6.61 Å². The van der Waals surface area contributed by atoms with Gasteiger partial charge in [0.05, 0.1) is 17.6 Å². The predicted octanol–water partition coefficient (Wildman–Crippen LogP) is 2.72. The van der Waals surface area contributed by atoms with Gasteiger partial charge in [0, 0.05) is 24.5 Å². The van der Waals surface area contributed by atoms with Gasteiger partial charge in [0.25, 0.3) is 0 Å². The average Bonchev–Trinajstić information content (AvgIpc) is 3.29. The monoisotopic (exact) mass is 396 g/mol. The first kappa shape index (κ1) is 20.1. The number of rotatable bonds is 5. The van der Waals surface area contributed by atoms with Crippen molar-refractivity contribution < 1.29 is 19.4 Å². The number of hydrogen-bond donors (Lipinski definition) is 0. The summed E-state index contributed by atoms with van der Waals surface area (Å²) in [5, 5.41) is 11.9. The van der Waals surface area contributed by atoms with Crippen LogP contribution in [0.2, 0.25) is 0 Å². The van der Waals surface area contributed by atoms with Gasteiger partial charge >= 0.3 is 0 Å². The average molecular weight is 397 g/mol. The van der Waals surface area contributed by atoms with Crippen LogP contribution in [0.1, 0.15) is 51.6 Å². The molecule has 1 aliphatic heterocycles. The maximum absolute atomic E-state index is 13.9. The number of benzene rings is 1. The Bertz CT molecular complexity index is 802. The van der Waals surface area contributed by atoms with E-state index in [2.05, 4.69) is 13.8 Å². The minimum absolute atomic E-state index is 0.00581. The molecule has 0 aromatic heterocycles. The lowest BCUT2D eigenvalue weighted by Crippen LogP contribution is -2.53. The van der Waals surface area contributed by atoms with Crippen LogP contribution in [-0.4, -0.2) is 35.0 Å². The van der Waals surface area contributed by atoms with Crippen molar-refractivity contribution in [2.45, 2.75) is 57.7 Å². The van der Waals surface area contributed by atoms with E-state index < -0.39 is 17.8 Å². The van der Waals surface area contributed by atoms with E-state index in [4.69, 9.17) is 4.74 Å². The van der Waals surface area contributed by atoms with E-state index in [1.54, 1.807) is 0 Å². The Labute approximate surface area is 172 Å². The van der Waals surface area contributed by atoms with Crippen LogP contribution in [0.25, 0.3) is 0 Å². The van der Waals surface area contributed by atoms with Crippen molar-refractivity contribution >= 4 is 11.9 Å². The molecule has 5 heteroatoms. The standard InChI is InChI=1S/C24H31NO4/c1-15(16-7-5-4-6-8-16)25(19-11-12-29-24(2,3)14-19)22(26)20-17-9-10-18(13-17)21(20)23(27)28/h4-10,15,17-21H,11-14H2,1-3H3,(H,27,28)/p-1/t15-,17+,18-,19+,20-,21+/m0/s1. The summed E-state index contributed by atoms with van der Waals surface area (Å²) >= 11 is 0. The third kappa shape index (κ3) is 3.73. The molecule has 1 amide bonds. The normalized spacial score (nSPS) is 33.4. The van der Waals surface area contributed by atoms with Gasteiger partial charge < -0.3 is 19.5 Å². The molecule has 1 saturated heterocycles. The number of carboxylic acids is 1.